The molecule has 1 aromatic heterocycles. The Hall–Kier alpha value is -2.60. The van der Waals surface area contributed by atoms with Gasteiger partial charge in [0.2, 0.25) is 0 Å². The molecule has 6 heteroatoms. The third kappa shape index (κ3) is 6.46. The number of guanidine groups is 1. The highest BCUT2D eigenvalue weighted by Crippen LogP contribution is 2.16. The van der Waals surface area contributed by atoms with Gasteiger partial charge in [-0.2, -0.15) is 0 Å². The van der Waals surface area contributed by atoms with Crippen molar-refractivity contribution in [2.45, 2.75) is 33.2 Å². The van der Waals surface area contributed by atoms with Crippen LogP contribution in [0.2, 0.25) is 0 Å². The second-order valence-electron chi connectivity index (χ2n) is 8.20. The zero-order valence-corrected chi connectivity index (χ0v) is 18.9. The van der Waals surface area contributed by atoms with Gasteiger partial charge in [-0.3, -0.25) is 0 Å². The van der Waals surface area contributed by atoms with Crippen LogP contribution in [0.3, 0.4) is 0 Å². The lowest BCUT2D eigenvalue weighted by molar-refractivity contribution is 0.312. The Morgan fingerprint density at radius 2 is 1.83 bits per heavy atom. The van der Waals surface area contributed by atoms with Crippen LogP contribution in [-0.4, -0.2) is 62.2 Å². The van der Waals surface area contributed by atoms with E-state index < -0.39 is 0 Å². The molecule has 1 atom stereocenters. The fourth-order valence-corrected chi connectivity index (χ4v) is 3.54. The molecule has 30 heavy (non-hydrogen) atoms. The highest BCUT2D eigenvalue weighted by Gasteiger charge is 2.15. The van der Waals surface area contributed by atoms with Crippen molar-refractivity contribution in [2.24, 2.45) is 4.99 Å². The molecule has 2 N–H and O–H groups in total. The third-order valence-corrected chi connectivity index (χ3v) is 5.62. The zero-order chi connectivity index (χ0) is 21.3. The molecule has 0 spiro atoms. The molecular formula is C24H36N6. The number of hydrogen-bond donors (Lipinski definition) is 2. The van der Waals surface area contributed by atoms with Gasteiger partial charge in [-0.05, 0) is 50.1 Å². The molecule has 1 fully saturated rings. The van der Waals surface area contributed by atoms with Crippen molar-refractivity contribution in [1.82, 2.24) is 20.5 Å². The van der Waals surface area contributed by atoms with Crippen LogP contribution < -0.4 is 15.5 Å². The van der Waals surface area contributed by atoms with E-state index >= 15 is 0 Å². The van der Waals surface area contributed by atoms with Gasteiger partial charge in [0.05, 0.1) is 6.54 Å². The van der Waals surface area contributed by atoms with Crippen molar-refractivity contribution in [2.75, 3.05) is 51.2 Å². The number of pyridine rings is 1. The molecule has 3 rings (SSSR count). The Bertz CT molecular complexity index is 809. The van der Waals surface area contributed by atoms with Crippen LogP contribution in [0.4, 0.5) is 5.82 Å². The molecule has 162 valence electrons. The van der Waals surface area contributed by atoms with Crippen LogP contribution in [0.1, 0.15) is 36.5 Å². The topological polar surface area (TPSA) is 55.8 Å². The summed E-state index contributed by atoms with van der Waals surface area (Å²) in [5.41, 5.74) is 3.82. The maximum absolute atomic E-state index is 4.80. The molecule has 6 nitrogen and oxygen atoms in total. The van der Waals surface area contributed by atoms with Gasteiger partial charge in [0, 0.05) is 45.5 Å². The normalized spacial score (nSPS) is 16.4. The molecular weight excluding hydrogens is 372 g/mol. The van der Waals surface area contributed by atoms with Crippen molar-refractivity contribution < 1.29 is 0 Å². The molecule has 0 bridgehead atoms. The van der Waals surface area contributed by atoms with Crippen molar-refractivity contribution in [3.05, 3.63) is 59.3 Å². The Labute approximate surface area is 181 Å². The van der Waals surface area contributed by atoms with Crippen molar-refractivity contribution in [1.29, 1.82) is 0 Å². The zero-order valence-electron chi connectivity index (χ0n) is 18.9. The number of hydrogen-bond acceptors (Lipinski definition) is 4. The molecule has 0 amide bonds. The van der Waals surface area contributed by atoms with Gasteiger partial charge < -0.3 is 20.4 Å². The Morgan fingerprint density at radius 3 is 2.53 bits per heavy atom. The lowest BCUT2D eigenvalue weighted by Crippen LogP contribution is -2.44. The number of nitrogens with zero attached hydrogens (tertiary/aromatic N) is 4. The minimum atomic E-state index is 0.416. The van der Waals surface area contributed by atoms with Crippen molar-refractivity contribution in [3.63, 3.8) is 0 Å². The monoisotopic (exact) mass is 408 g/mol. The maximum Gasteiger partial charge on any atom is 0.191 e. The molecule has 1 aliphatic heterocycles. The van der Waals surface area contributed by atoms with E-state index in [1.807, 2.05) is 6.20 Å². The molecule has 0 aliphatic carbocycles. The number of likely N-dealkylation sites (N-methyl/N-ethyl adjacent to an activating group) is 1. The number of piperazine rings is 1. The molecule has 0 radical (unpaired) electrons. The van der Waals surface area contributed by atoms with Crippen LogP contribution in [0.5, 0.6) is 0 Å². The van der Waals surface area contributed by atoms with E-state index in [1.165, 1.54) is 16.7 Å². The summed E-state index contributed by atoms with van der Waals surface area (Å²) in [6, 6.07) is 13.0. The SMILES string of the molecule is CCNC(=NCc1ccnc(N2CCN(C)CC2)c1)NCC(C)c1ccc(C)cc1. The van der Waals surface area contributed by atoms with E-state index in [2.05, 4.69) is 89.6 Å². The van der Waals surface area contributed by atoms with E-state index in [0.29, 0.717) is 12.5 Å². The average Bonchev–Trinajstić information content (AvgIpc) is 2.76. The number of aryl methyl sites for hydroxylation is 1. The van der Waals surface area contributed by atoms with Crippen LogP contribution in [0, 0.1) is 6.92 Å². The predicted octanol–water partition coefficient (Wildman–Crippen LogP) is 3.00. The van der Waals surface area contributed by atoms with E-state index in [0.717, 1.165) is 51.0 Å². The van der Waals surface area contributed by atoms with E-state index in [9.17, 15) is 0 Å². The lowest BCUT2D eigenvalue weighted by atomic mass is 10.0. The van der Waals surface area contributed by atoms with Crippen molar-refractivity contribution in [3.8, 4) is 0 Å². The van der Waals surface area contributed by atoms with Crippen molar-refractivity contribution >= 4 is 11.8 Å². The molecule has 0 saturated carbocycles. The second kappa shape index (κ2) is 11.0. The van der Waals surface area contributed by atoms with E-state index in [4.69, 9.17) is 4.99 Å². The fourth-order valence-electron chi connectivity index (χ4n) is 3.54. The third-order valence-electron chi connectivity index (χ3n) is 5.62. The second-order valence-corrected chi connectivity index (χ2v) is 8.20. The number of nitrogens with one attached hydrogen (secondary N) is 2. The van der Waals surface area contributed by atoms with Gasteiger partial charge in [0.15, 0.2) is 5.96 Å². The van der Waals surface area contributed by atoms with E-state index in [-0.39, 0.29) is 0 Å². The molecule has 1 aromatic carbocycles. The van der Waals surface area contributed by atoms with Crippen LogP contribution >= 0.6 is 0 Å². The number of rotatable bonds is 7. The Morgan fingerprint density at radius 1 is 1.10 bits per heavy atom. The quantitative estimate of drug-likeness (QED) is 0.545. The Balaban J connectivity index is 1.58. The first kappa shape index (κ1) is 22.1. The first-order chi connectivity index (χ1) is 14.5. The molecule has 2 aromatic rings. The van der Waals surface area contributed by atoms with Gasteiger partial charge in [-0.25, -0.2) is 9.98 Å². The highest BCUT2D eigenvalue weighted by molar-refractivity contribution is 5.79. The van der Waals surface area contributed by atoms with Gasteiger partial charge in [-0.15, -0.1) is 0 Å². The predicted molar refractivity (Wildman–Crippen MR) is 126 cm³/mol. The number of anilines is 1. The number of aliphatic imine (C=N–C) groups is 1. The summed E-state index contributed by atoms with van der Waals surface area (Å²) < 4.78 is 0. The summed E-state index contributed by atoms with van der Waals surface area (Å²) >= 11 is 0. The number of benzene rings is 1. The largest absolute Gasteiger partial charge is 0.357 e. The van der Waals surface area contributed by atoms with Gasteiger partial charge in [0.1, 0.15) is 5.82 Å². The summed E-state index contributed by atoms with van der Waals surface area (Å²) in [4.78, 5) is 14.1. The van der Waals surface area contributed by atoms with Gasteiger partial charge in [0.25, 0.3) is 0 Å². The summed E-state index contributed by atoms with van der Waals surface area (Å²) in [6.45, 7) is 13.0. The minimum Gasteiger partial charge on any atom is -0.357 e. The smallest absolute Gasteiger partial charge is 0.191 e. The fraction of sp³-hybridized carbons (Fsp3) is 0.500. The first-order valence-corrected chi connectivity index (χ1v) is 11.0. The summed E-state index contributed by atoms with van der Waals surface area (Å²) in [5, 5.41) is 6.85. The van der Waals surface area contributed by atoms with E-state index in [1.54, 1.807) is 0 Å². The van der Waals surface area contributed by atoms with Gasteiger partial charge >= 0.3 is 0 Å². The summed E-state index contributed by atoms with van der Waals surface area (Å²) in [6.07, 6.45) is 1.90. The van der Waals surface area contributed by atoms with Crippen LogP contribution in [0.15, 0.2) is 47.6 Å². The van der Waals surface area contributed by atoms with Crippen LogP contribution in [0.25, 0.3) is 0 Å². The minimum absolute atomic E-state index is 0.416. The molecule has 1 unspecified atom stereocenters. The highest BCUT2D eigenvalue weighted by atomic mass is 15.3. The van der Waals surface area contributed by atoms with Crippen LogP contribution in [-0.2, 0) is 6.54 Å². The molecule has 2 heterocycles. The maximum atomic E-state index is 4.80. The molecule has 1 aliphatic rings. The summed E-state index contributed by atoms with van der Waals surface area (Å²) in [5.74, 6) is 2.33. The number of aromatic nitrogens is 1. The summed E-state index contributed by atoms with van der Waals surface area (Å²) in [7, 11) is 2.17. The first-order valence-electron chi connectivity index (χ1n) is 11.0. The van der Waals surface area contributed by atoms with Gasteiger partial charge in [-0.1, -0.05) is 36.8 Å². The molecule has 1 saturated heterocycles. The average molecular weight is 409 g/mol. The standard InChI is InChI=1S/C24H36N6/c1-5-25-24(27-17-20(3)22-8-6-19(2)7-9-22)28-18-21-10-11-26-23(16-21)30-14-12-29(4)13-15-30/h6-11,16,20H,5,12-15,17-18H2,1-4H3,(H2,25,27,28). The Kier molecular flexibility index (Phi) is 8.08. The lowest BCUT2D eigenvalue weighted by Gasteiger charge is -2.33.